The first-order valence-corrected chi connectivity index (χ1v) is 8.20. The Morgan fingerprint density at radius 3 is 2.74 bits per heavy atom. The van der Waals surface area contributed by atoms with Gasteiger partial charge < -0.3 is 14.8 Å². The molecule has 0 aromatic rings. The van der Waals surface area contributed by atoms with Crippen molar-refractivity contribution in [1.29, 1.82) is 0 Å². The topological polar surface area (TPSA) is 89.2 Å². The molecule has 0 aromatic heterocycles. The van der Waals surface area contributed by atoms with Gasteiger partial charge in [0.2, 0.25) is 0 Å². The van der Waals surface area contributed by atoms with Crippen molar-refractivity contribution in [3.8, 4) is 0 Å². The van der Waals surface area contributed by atoms with Crippen LogP contribution in [0.15, 0.2) is 5.11 Å². The average Bonchev–Trinajstić information content (AvgIpc) is 2.87. The highest BCUT2D eigenvalue weighted by Gasteiger charge is 2.35. The van der Waals surface area contributed by atoms with Crippen LogP contribution in [-0.4, -0.2) is 47.3 Å². The molecule has 1 amide bonds. The van der Waals surface area contributed by atoms with E-state index in [1.54, 1.807) is 4.90 Å². The van der Waals surface area contributed by atoms with E-state index < -0.39 is 5.54 Å². The maximum atomic E-state index is 12.0. The number of nitrogens with zero attached hydrogens (tertiary/aromatic N) is 3. The maximum Gasteiger partial charge on any atom is 0.409 e. The number of hydrogen-bond donors (Lipinski definition) is 1. The van der Waals surface area contributed by atoms with E-state index in [-0.39, 0.29) is 17.6 Å². The largest absolute Gasteiger partial charge is 0.570 e. The molecule has 2 rings (SSSR count). The van der Waals surface area contributed by atoms with Gasteiger partial charge in [-0.15, -0.1) is 0 Å². The van der Waals surface area contributed by atoms with Crippen LogP contribution in [-0.2, 0) is 9.57 Å². The summed E-state index contributed by atoms with van der Waals surface area (Å²) < 4.78 is 5.39. The summed E-state index contributed by atoms with van der Waals surface area (Å²) in [5, 5.41) is 15.3. The Morgan fingerprint density at radius 1 is 1.48 bits per heavy atom. The second-order valence-electron chi connectivity index (χ2n) is 7.83. The Bertz CT molecular complexity index is 457. The Morgan fingerprint density at radius 2 is 2.17 bits per heavy atom. The van der Waals surface area contributed by atoms with E-state index in [9.17, 15) is 10.0 Å². The zero-order valence-electron chi connectivity index (χ0n) is 14.5. The molecule has 23 heavy (non-hydrogen) atoms. The summed E-state index contributed by atoms with van der Waals surface area (Å²) in [5.74, 6) is 0. The van der Waals surface area contributed by atoms with Gasteiger partial charge >= 0.3 is 6.09 Å². The number of amides is 1. The third-order valence-corrected chi connectivity index (χ3v) is 4.20. The Labute approximate surface area is 137 Å². The molecule has 0 aromatic carbocycles. The predicted octanol–water partition coefficient (Wildman–Crippen LogP) is 2.58. The van der Waals surface area contributed by atoms with Gasteiger partial charge in [0.1, 0.15) is 11.6 Å². The van der Waals surface area contributed by atoms with Crippen LogP contribution in [0.1, 0.15) is 53.4 Å². The first-order chi connectivity index (χ1) is 10.7. The van der Waals surface area contributed by atoms with E-state index in [1.165, 1.54) is 6.42 Å². The molecule has 0 radical (unpaired) electrons. The first-order valence-electron chi connectivity index (χ1n) is 8.20. The maximum absolute atomic E-state index is 12.0. The minimum atomic E-state index is -0.485. The summed E-state index contributed by atoms with van der Waals surface area (Å²) in [6.45, 7) is 9.04. The van der Waals surface area contributed by atoms with E-state index in [1.807, 2.05) is 20.8 Å². The third kappa shape index (κ3) is 5.53. The number of carbonyl (C=O) groups excluding carboxylic acids is 1. The molecular formula is C15H28N4O4. The second-order valence-corrected chi connectivity index (χ2v) is 7.83. The molecule has 0 spiro atoms. The van der Waals surface area contributed by atoms with Gasteiger partial charge in [-0.3, -0.25) is 0 Å². The molecule has 0 bridgehead atoms. The van der Waals surface area contributed by atoms with Gasteiger partial charge in [0, 0.05) is 17.1 Å². The van der Waals surface area contributed by atoms with Gasteiger partial charge in [-0.2, -0.15) is 0 Å². The van der Waals surface area contributed by atoms with Crippen molar-refractivity contribution in [1.82, 2.24) is 10.5 Å². The monoisotopic (exact) mass is 328 g/mol. The molecule has 8 nitrogen and oxygen atoms in total. The fraction of sp³-hybridized carbons (Fsp3) is 0.933. The normalized spacial score (nSPS) is 24.3. The fourth-order valence-electron chi connectivity index (χ4n) is 2.65. The van der Waals surface area contributed by atoms with Crippen molar-refractivity contribution >= 4 is 6.09 Å². The number of rotatable bonds is 5. The molecule has 1 aliphatic heterocycles. The lowest BCUT2D eigenvalue weighted by Crippen LogP contribution is -2.37. The zero-order chi connectivity index (χ0) is 17.1. The zero-order valence-corrected chi connectivity index (χ0v) is 14.5. The first kappa shape index (κ1) is 17.8. The lowest BCUT2D eigenvalue weighted by molar-refractivity contribution is -0.652. The number of likely N-dealkylation sites (tertiary alicyclic amines) is 1. The van der Waals surface area contributed by atoms with Crippen LogP contribution in [0.5, 0.6) is 0 Å². The molecule has 8 heteroatoms. The highest BCUT2D eigenvalue weighted by molar-refractivity contribution is 5.68. The van der Waals surface area contributed by atoms with Crippen molar-refractivity contribution in [3.63, 3.8) is 0 Å². The quantitative estimate of drug-likeness (QED) is 0.476. The van der Waals surface area contributed by atoms with Crippen molar-refractivity contribution in [3.05, 3.63) is 5.21 Å². The summed E-state index contributed by atoms with van der Waals surface area (Å²) >= 11 is 0. The summed E-state index contributed by atoms with van der Waals surface area (Å²) in [6.07, 6.45) is 3.56. The van der Waals surface area contributed by atoms with Crippen LogP contribution in [0.4, 0.5) is 4.79 Å². The molecule has 1 aliphatic carbocycles. The van der Waals surface area contributed by atoms with Crippen LogP contribution in [0.25, 0.3) is 0 Å². The third-order valence-electron chi connectivity index (χ3n) is 4.20. The molecule has 1 saturated heterocycles. The van der Waals surface area contributed by atoms with Gasteiger partial charge in [-0.05, 0) is 45.6 Å². The number of hydrazine groups is 1. The lowest BCUT2D eigenvalue weighted by Gasteiger charge is -2.37. The van der Waals surface area contributed by atoms with E-state index in [2.05, 4.69) is 17.6 Å². The van der Waals surface area contributed by atoms with Gasteiger partial charge in [-0.25, -0.2) is 9.63 Å². The van der Waals surface area contributed by atoms with Crippen LogP contribution in [0.2, 0.25) is 0 Å². The summed E-state index contributed by atoms with van der Waals surface area (Å²) in [7, 11) is 0. The van der Waals surface area contributed by atoms with Crippen LogP contribution in [0, 0.1) is 10.6 Å². The standard InChI is InChI=1S/C15H28N4O4/c1-14(2,3)16-19(21)17-23-12-6-9-18(10-12)13(20)22-11-15(4)7-5-8-15/h12H,5-11H2,1-4H3,(H,16,17)/t12-/m1/s1. The highest BCUT2D eigenvalue weighted by Crippen LogP contribution is 2.40. The molecular weight excluding hydrogens is 300 g/mol. The second kappa shape index (κ2) is 6.90. The number of nitrogens with one attached hydrogen (secondary N) is 1. The summed E-state index contributed by atoms with van der Waals surface area (Å²) in [6, 6.07) is 0. The fourth-order valence-corrected chi connectivity index (χ4v) is 2.65. The number of carbonyl (C=O) groups is 1. The van der Waals surface area contributed by atoms with Crippen LogP contribution in [0.3, 0.4) is 0 Å². The van der Waals surface area contributed by atoms with Crippen molar-refractivity contribution in [2.24, 2.45) is 10.5 Å². The van der Waals surface area contributed by atoms with Crippen molar-refractivity contribution in [2.75, 3.05) is 19.7 Å². The van der Waals surface area contributed by atoms with Gasteiger partial charge in [0.15, 0.2) is 0 Å². The number of ether oxygens (including phenoxy) is 1. The highest BCUT2D eigenvalue weighted by atomic mass is 16.8. The van der Waals surface area contributed by atoms with Crippen molar-refractivity contribution in [2.45, 2.75) is 65.0 Å². The molecule has 132 valence electrons. The molecule has 1 saturated carbocycles. The summed E-state index contributed by atoms with van der Waals surface area (Å²) in [5.41, 5.74) is 1.92. The van der Waals surface area contributed by atoms with E-state index in [0.29, 0.717) is 31.1 Å². The SMILES string of the molecule is CC1(COC(=O)N2CC[C@@H](ON[N+]([O-])=NC(C)(C)C)C2)CCC1. The van der Waals surface area contributed by atoms with E-state index in [4.69, 9.17) is 9.57 Å². The Hall–Kier alpha value is -1.57. The minimum Gasteiger partial charge on any atom is -0.570 e. The molecule has 0 unspecified atom stereocenters. The lowest BCUT2D eigenvalue weighted by atomic mass is 9.71. The Kier molecular flexibility index (Phi) is 5.33. The predicted molar refractivity (Wildman–Crippen MR) is 83.3 cm³/mol. The summed E-state index contributed by atoms with van der Waals surface area (Å²) in [4.78, 5) is 19.3. The van der Waals surface area contributed by atoms with Crippen LogP contribution >= 0.6 is 0 Å². The van der Waals surface area contributed by atoms with Gasteiger partial charge in [0.25, 0.3) is 0 Å². The van der Waals surface area contributed by atoms with Gasteiger partial charge in [-0.1, -0.05) is 13.3 Å². The molecule has 1 atom stereocenters. The molecule has 2 fully saturated rings. The van der Waals surface area contributed by atoms with E-state index in [0.717, 1.165) is 12.8 Å². The smallest absolute Gasteiger partial charge is 0.409 e. The number of hydrogen-bond acceptors (Lipinski definition) is 5. The van der Waals surface area contributed by atoms with Crippen molar-refractivity contribution < 1.29 is 19.3 Å². The van der Waals surface area contributed by atoms with Gasteiger partial charge in [0.05, 0.1) is 18.1 Å². The van der Waals surface area contributed by atoms with Crippen LogP contribution < -0.4 is 5.59 Å². The Balaban J connectivity index is 1.69. The molecule has 1 heterocycles. The van der Waals surface area contributed by atoms with E-state index >= 15 is 0 Å². The minimum absolute atomic E-state index is 0.157. The molecule has 1 N–H and O–H groups in total. The average molecular weight is 328 g/mol. The molecule has 2 aliphatic rings.